The molecule has 162 valence electrons. The minimum atomic E-state index is -0.0180. The molecule has 0 radical (unpaired) electrons. The molecule has 0 saturated carbocycles. The van der Waals surface area contributed by atoms with Gasteiger partial charge in [-0.15, -0.1) is 0 Å². The fourth-order valence-electron chi connectivity index (χ4n) is 3.30. The summed E-state index contributed by atoms with van der Waals surface area (Å²) < 4.78 is 5.60. The average Bonchev–Trinajstić information content (AvgIpc) is 2.78. The van der Waals surface area contributed by atoms with Gasteiger partial charge < -0.3 is 19.9 Å². The molecule has 1 amide bonds. The monoisotopic (exact) mass is 450 g/mol. The zero-order chi connectivity index (χ0) is 21.3. The van der Waals surface area contributed by atoms with Gasteiger partial charge in [-0.1, -0.05) is 42.3 Å². The Kier molecular flexibility index (Phi) is 8.61. The maximum atomic E-state index is 12.1. The molecule has 30 heavy (non-hydrogen) atoms. The number of piperazine rings is 1. The number of carbonyl (C=O) groups excluding carboxylic acids is 1. The molecule has 0 unspecified atom stereocenters. The number of likely N-dealkylation sites (N-methyl/N-ethyl adjacent to an activating group) is 1. The van der Waals surface area contributed by atoms with E-state index in [9.17, 15) is 4.79 Å². The van der Waals surface area contributed by atoms with Crippen molar-refractivity contribution in [1.82, 2.24) is 15.2 Å². The van der Waals surface area contributed by atoms with Crippen LogP contribution in [-0.4, -0.2) is 55.1 Å². The van der Waals surface area contributed by atoms with Crippen LogP contribution in [0.2, 0.25) is 10.0 Å². The zero-order valence-corrected chi connectivity index (χ0v) is 18.8. The van der Waals surface area contributed by atoms with Crippen molar-refractivity contribution in [3.05, 3.63) is 52.1 Å². The SMILES string of the molecule is CCN1CCN(c2ccc(CNC(=O)CCCOc3cccc(Cl)c3Cl)cn2)CC1. The molecule has 0 spiro atoms. The van der Waals surface area contributed by atoms with Gasteiger partial charge in [-0.05, 0) is 36.7 Å². The van der Waals surface area contributed by atoms with Crippen molar-refractivity contribution in [2.75, 3.05) is 44.2 Å². The van der Waals surface area contributed by atoms with Crippen LogP contribution in [0, 0.1) is 0 Å². The number of benzene rings is 1. The van der Waals surface area contributed by atoms with Gasteiger partial charge >= 0.3 is 0 Å². The molecule has 1 N–H and O–H groups in total. The molecule has 2 heterocycles. The van der Waals surface area contributed by atoms with Crippen LogP contribution in [0.1, 0.15) is 25.3 Å². The lowest BCUT2D eigenvalue weighted by atomic mass is 10.2. The van der Waals surface area contributed by atoms with Gasteiger partial charge in [0.15, 0.2) is 0 Å². The molecule has 0 atom stereocenters. The number of amides is 1. The van der Waals surface area contributed by atoms with Gasteiger partial charge in [0.05, 0.1) is 11.6 Å². The summed E-state index contributed by atoms with van der Waals surface area (Å²) in [5.74, 6) is 1.51. The number of anilines is 1. The van der Waals surface area contributed by atoms with Gasteiger partial charge in [0.25, 0.3) is 0 Å². The Morgan fingerprint density at radius 2 is 1.97 bits per heavy atom. The van der Waals surface area contributed by atoms with Gasteiger partial charge in [0.1, 0.15) is 16.6 Å². The van der Waals surface area contributed by atoms with Crippen LogP contribution < -0.4 is 15.0 Å². The van der Waals surface area contributed by atoms with Crippen molar-refractivity contribution in [3.63, 3.8) is 0 Å². The number of nitrogens with one attached hydrogen (secondary N) is 1. The summed E-state index contributed by atoms with van der Waals surface area (Å²) in [7, 11) is 0. The third kappa shape index (κ3) is 6.49. The number of rotatable bonds is 9. The summed E-state index contributed by atoms with van der Waals surface area (Å²) >= 11 is 12.0. The Balaban J connectivity index is 1.35. The standard InChI is InChI=1S/C22H28Cl2N4O2/c1-2-27-10-12-28(13-11-27)20-9-8-17(15-25-20)16-26-21(29)7-4-14-30-19-6-3-5-18(23)22(19)24/h3,5-6,8-9,15H,2,4,7,10-14,16H2,1H3,(H,26,29). The number of halogens is 2. The van der Waals surface area contributed by atoms with E-state index in [2.05, 4.69) is 27.0 Å². The smallest absolute Gasteiger partial charge is 0.220 e. The van der Waals surface area contributed by atoms with Gasteiger partial charge in [-0.25, -0.2) is 4.98 Å². The van der Waals surface area contributed by atoms with E-state index in [4.69, 9.17) is 27.9 Å². The van der Waals surface area contributed by atoms with E-state index in [-0.39, 0.29) is 5.91 Å². The summed E-state index contributed by atoms with van der Waals surface area (Å²) in [6, 6.07) is 9.30. The summed E-state index contributed by atoms with van der Waals surface area (Å²) in [5, 5.41) is 3.78. The molecule has 1 aliphatic heterocycles. The van der Waals surface area contributed by atoms with Crippen molar-refractivity contribution in [1.29, 1.82) is 0 Å². The first-order valence-corrected chi connectivity index (χ1v) is 11.1. The zero-order valence-electron chi connectivity index (χ0n) is 17.2. The van der Waals surface area contributed by atoms with E-state index in [0.717, 1.165) is 44.1 Å². The predicted octanol–water partition coefficient (Wildman–Crippen LogP) is 4.01. The van der Waals surface area contributed by atoms with E-state index in [1.165, 1.54) is 0 Å². The minimum absolute atomic E-state index is 0.0180. The summed E-state index contributed by atoms with van der Waals surface area (Å²) in [4.78, 5) is 21.4. The van der Waals surface area contributed by atoms with Gasteiger partial charge in [0.2, 0.25) is 5.91 Å². The lowest BCUT2D eigenvalue weighted by molar-refractivity contribution is -0.121. The lowest BCUT2D eigenvalue weighted by Crippen LogP contribution is -2.46. The molecule has 2 aromatic rings. The third-order valence-corrected chi connectivity index (χ3v) is 5.97. The number of hydrogen-bond donors (Lipinski definition) is 1. The Bertz CT molecular complexity index is 824. The van der Waals surface area contributed by atoms with Gasteiger partial charge in [0, 0.05) is 45.3 Å². The van der Waals surface area contributed by atoms with Crippen LogP contribution in [0.15, 0.2) is 36.5 Å². The molecule has 0 bridgehead atoms. The predicted molar refractivity (Wildman–Crippen MR) is 122 cm³/mol. The van der Waals surface area contributed by atoms with E-state index in [1.54, 1.807) is 18.2 Å². The number of nitrogens with zero attached hydrogens (tertiary/aromatic N) is 3. The van der Waals surface area contributed by atoms with E-state index >= 15 is 0 Å². The quantitative estimate of drug-likeness (QED) is 0.584. The van der Waals surface area contributed by atoms with Crippen molar-refractivity contribution in [2.24, 2.45) is 0 Å². The average molecular weight is 451 g/mol. The molecule has 8 heteroatoms. The van der Waals surface area contributed by atoms with E-state index < -0.39 is 0 Å². The molecule has 1 saturated heterocycles. The summed E-state index contributed by atoms with van der Waals surface area (Å²) in [6.45, 7) is 8.30. The largest absolute Gasteiger partial charge is 0.492 e. The van der Waals surface area contributed by atoms with Crippen LogP contribution in [0.4, 0.5) is 5.82 Å². The number of hydrogen-bond acceptors (Lipinski definition) is 5. The maximum absolute atomic E-state index is 12.1. The van der Waals surface area contributed by atoms with Crippen LogP contribution in [0.3, 0.4) is 0 Å². The van der Waals surface area contributed by atoms with Crippen LogP contribution in [-0.2, 0) is 11.3 Å². The molecular weight excluding hydrogens is 423 g/mol. The molecule has 1 aromatic heterocycles. The van der Waals surface area contributed by atoms with E-state index in [0.29, 0.717) is 41.8 Å². The van der Waals surface area contributed by atoms with Crippen LogP contribution in [0.5, 0.6) is 5.75 Å². The Morgan fingerprint density at radius 1 is 1.17 bits per heavy atom. The Hall–Kier alpha value is -2.02. The number of ether oxygens (including phenoxy) is 1. The maximum Gasteiger partial charge on any atom is 0.220 e. The Morgan fingerprint density at radius 3 is 2.67 bits per heavy atom. The molecular formula is C22H28Cl2N4O2. The third-order valence-electron chi connectivity index (χ3n) is 5.16. The molecule has 3 rings (SSSR count). The fourth-order valence-corrected chi connectivity index (χ4v) is 3.65. The topological polar surface area (TPSA) is 57.7 Å². The highest BCUT2D eigenvalue weighted by molar-refractivity contribution is 6.42. The van der Waals surface area contributed by atoms with Crippen molar-refractivity contribution in [2.45, 2.75) is 26.3 Å². The van der Waals surface area contributed by atoms with Gasteiger partial charge in [-0.2, -0.15) is 0 Å². The highest BCUT2D eigenvalue weighted by atomic mass is 35.5. The second-order valence-corrected chi connectivity index (χ2v) is 8.01. The molecule has 6 nitrogen and oxygen atoms in total. The summed E-state index contributed by atoms with van der Waals surface area (Å²) in [5.41, 5.74) is 0.987. The first-order valence-electron chi connectivity index (χ1n) is 10.3. The first kappa shape index (κ1) is 22.7. The second kappa shape index (κ2) is 11.4. The van der Waals surface area contributed by atoms with Gasteiger partial charge in [-0.3, -0.25) is 4.79 Å². The van der Waals surface area contributed by atoms with Crippen molar-refractivity contribution in [3.8, 4) is 5.75 Å². The summed E-state index contributed by atoms with van der Waals surface area (Å²) in [6.07, 6.45) is 2.81. The molecule has 1 aliphatic rings. The van der Waals surface area contributed by atoms with Crippen molar-refractivity contribution < 1.29 is 9.53 Å². The minimum Gasteiger partial charge on any atom is -0.492 e. The molecule has 1 fully saturated rings. The normalized spacial score (nSPS) is 14.6. The highest BCUT2D eigenvalue weighted by Gasteiger charge is 2.16. The van der Waals surface area contributed by atoms with Crippen LogP contribution >= 0.6 is 23.2 Å². The van der Waals surface area contributed by atoms with Crippen molar-refractivity contribution >= 4 is 34.9 Å². The Labute approximate surface area is 188 Å². The first-order chi connectivity index (χ1) is 14.6. The highest BCUT2D eigenvalue weighted by Crippen LogP contribution is 2.31. The van der Waals surface area contributed by atoms with Crippen LogP contribution in [0.25, 0.3) is 0 Å². The molecule has 1 aromatic carbocycles. The number of carbonyl (C=O) groups is 1. The molecule has 0 aliphatic carbocycles. The fraction of sp³-hybridized carbons (Fsp3) is 0.455. The number of aromatic nitrogens is 1. The second-order valence-electron chi connectivity index (χ2n) is 7.23. The van der Waals surface area contributed by atoms with E-state index in [1.807, 2.05) is 18.3 Å². The number of pyridine rings is 1. The lowest BCUT2D eigenvalue weighted by Gasteiger charge is -2.34.